The summed E-state index contributed by atoms with van der Waals surface area (Å²) in [6.07, 6.45) is 1.13. The molecule has 0 aliphatic carbocycles. The van der Waals surface area contributed by atoms with Gasteiger partial charge in [-0.1, -0.05) is 11.6 Å². The molecule has 1 N–H and O–H groups in total. The van der Waals surface area contributed by atoms with Crippen molar-refractivity contribution in [2.24, 2.45) is 0 Å². The van der Waals surface area contributed by atoms with Gasteiger partial charge in [0.15, 0.2) is 6.29 Å². The highest BCUT2D eigenvalue weighted by atomic mass is 35.5. The van der Waals surface area contributed by atoms with Crippen LogP contribution in [0.25, 0.3) is 0 Å². The fraction of sp³-hybridized carbons (Fsp3) is 0.600. The van der Waals surface area contributed by atoms with E-state index in [4.69, 9.17) is 21.1 Å². The Hall–Kier alpha value is -0.910. The highest BCUT2D eigenvalue weighted by molar-refractivity contribution is 6.29. The van der Waals surface area contributed by atoms with Crippen LogP contribution in [-0.2, 0) is 9.47 Å². The Kier molecular flexibility index (Phi) is 6.07. The maximum Gasteiger partial charge on any atom is 0.174 e. The lowest BCUT2D eigenvalue weighted by molar-refractivity contribution is -0.126. The lowest BCUT2D eigenvalue weighted by Crippen LogP contribution is -2.26. The number of ether oxygens (including phenoxy) is 2. The molecule has 0 radical (unpaired) electrons. The summed E-state index contributed by atoms with van der Waals surface area (Å²) < 4.78 is 10.7. The summed E-state index contributed by atoms with van der Waals surface area (Å²) in [5.74, 6) is 0.657. The van der Waals surface area contributed by atoms with Crippen molar-refractivity contribution >= 4 is 17.4 Å². The Balaban J connectivity index is 2.41. The predicted octanol–water partition coefficient (Wildman–Crippen LogP) is 1.94. The van der Waals surface area contributed by atoms with E-state index in [1.807, 2.05) is 13.8 Å². The van der Waals surface area contributed by atoms with Gasteiger partial charge in [0, 0.05) is 19.3 Å². The molecule has 0 fully saturated rings. The van der Waals surface area contributed by atoms with Crippen molar-refractivity contribution in [1.29, 1.82) is 0 Å². The van der Waals surface area contributed by atoms with Crippen LogP contribution >= 0.6 is 11.6 Å². The second-order valence-corrected chi connectivity index (χ2v) is 3.33. The van der Waals surface area contributed by atoms with Gasteiger partial charge in [0.05, 0.1) is 6.54 Å². The van der Waals surface area contributed by atoms with E-state index in [0.29, 0.717) is 30.7 Å². The molecule has 0 aliphatic heterocycles. The average Bonchev–Trinajstić information content (AvgIpc) is 2.27. The number of anilines is 1. The van der Waals surface area contributed by atoms with E-state index in [9.17, 15) is 0 Å². The fourth-order valence-corrected chi connectivity index (χ4v) is 1.30. The standard InChI is InChI=1S/C10H16ClN3O2/c1-3-15-10(16-4-2)6-12-9-5-8(11)13-7-14-9/h5,7,10H,3-4,6H2,1-2H3,(H,12,13,14). The number of halogens is 1. The predicted molar refractivity (Wildman–Crippen MR) is 62.6 cm³/mol. The quantitative estimate of drug-likeness (QED) is 0.588. The van der Waals surface area contributed by atoms with Crippen molar-refractivity contribution in [2.75, 3.05) is 25.1 Å². The lowest BCUT2D eigenvalue weighted by atomic mass is 10.5. The van der Waals surface area contributed by atoms with Gasteiger partial charge >= 0.3 is 0 Å². The Morgan fingerprint density at radius 3 is 2.56 bits per heavy atom. The minimum Gasteiger partial charge on any atom is -0.365 e. The van der Waals surface area contributed by atoms with Gasteiger partial charge < -0.3 is 14.8 Å². The summed E-state index contributed by atoms with van der Waals surface area (Å²) >= 11 is 5.73. The Morgan fingerprint density at radius 2 is 2.00 bits per heavy atom. The third-order valence-electron chi connectivity index (χ3n) is 1.79. The molecule has 1 aromatic heterocycles. The van der Waals surface area contributed by atoms with E-state index < -0.39 is 0 Å². The highest BCUT2D eigenvalue weighted by Gasteiger charge is 2.07. The zero-order valence-corrected chi connectivity index (χ0v) is 10.2. The van der Waals surface area contributed by atoms with Crippen LogP contribution in [-0.4, -0.2) is 36.0 Å². The third kappa shape index (κ3) is 4.74. The molecule has 0 bridgehead atoms. The van der Waals surface area contributed by atoms with Crippen molar-refractivity contribution < 1.29 is 9.47 Å². The van der Waals surface area contributed by atoms with Crippen molar-refractivity contribution in [3.63, 3.8) is 0 Å². The maximum atomic E-state index is 5.73. The molecule has 0 saturated heterocycles. The number of nitrogens with zero attached hydrogens (tertiary/aromatic N) is 2. The molecule has 0 saturated carbocycles. The first-order valence-electron chi connectivity index (χ1n) is 5.20. The van der Waals surface area contributed by atoms with Gasteiger partial charge in [0.1, 0.15) is 17.3 Å². The molecule has 1 aromatic rings. The topological polar surface area (TPSA) is 56.3 Å². The zero-order valence-electron chi connectivity index (χ0n) is 9.44. The van der Waals surface area contributed by atoms with E-state index in [1.165, 1.54) is 6.33 Å². The van der Waals surface area contributed by atoms with Crippen LogP contribution in [0.5, 0.6) is 0 Å². The SMILES string of the molecule is CCOC(CNc1cc(Cl)ncn1)OCC. The first-order valence-corrected chi connectivity index (χ1v) is 5.58. The van der Waals surface area contributed by atoms with Gasteiger partial charge in [-0.25, -0.2) is 9.97 Å². The van der Waals surface area contributed by atoms with E-state index in [1.54, 1.807) is 6.07 Å². The van der Waals surface area contributed by atoms with Crippen LogP contribution < -0.4 is 5.32 Å². The molecule has 0 aromatic carbocycles. The number of hydrogen-bond donors (Lipinski definition) is 1. The Labute approximate surface area is 100 Å². The molecule has 6 heteroatoms. The molecule has 16 heavy (non-hydrogen) atoms. The zero-order chi connectivity index (χ0) is 11.8. The van der Waals surface area contributed by atoms with E-state index in [0.717, 1.165) is 0 Å². The van der Waals surface area contributed by atoms with Gasteiger partial charge in [0.2, 0.25) is 0 Å². The van der Waals surface area contributed by atoms with Gasteiger partial charge in [-0.05, 0) is 13.8 Å². The summed E-state index contributed by atoms with van der Waals surface area (Å²) in [5, 5.41) is 3.47. The van der Waals surface area contributed by atoms with Crippen LogP contribution in [0.3, 0.4) is 0 Å². The average molecular weight is 246 g/mol. The maximum absolute atomic E-state index is 5.73. The summed E-state index contributed by atoms with van der Waals surface area (Å²) in [7, 11) is 0. The fourth-order valence-electron chi connectivity index (χ4n) is 1.16. The molecule has 0 amide bonds. The lowest BCUT2D eigenvalue weighted by Gasteiger charge is -2.17. The first kappa shape index (κ1) is 13.2. The minimum absolute atomic E-state index is 0.274. The minimum atomic E-state index is -0.274. The normalized spacial score (nSPS) is 10.8. The smallest absolute Gasteiger partial charge is 0.174 e. The molecule has 0 aliphatic rings. The van der Waals surface area contributed by atoms with Crippen LogP contribution in [0.1, 0.15) is 13.8 Å². The summed E-state index contributed by atoms with van der Waals surface area (Å²) in [5.41, 5.74) is 0. The van der Waals surface area contributed by atoms with Crippen molar-refractivity contribution in [1.82, 2.24) is 9.97 Å². The van der Waals surface area contributed by atoms with Gasteiger partial charge in [0.25, 0.3) is 0 Å². The first-order chi connectivity index (χ1) is 7.76. The second kappa shape index (κ2) is 7.38. The number of rotatable bonds is 7. The summed E-state index contributed by atoms with van der Waals surface area (Å²) in [6, 6.07) is 1.65. The Morgan fingerprint density at radius 1 is 1.31 bits per heavy atom. The molecule has 1 heterocycles. The number of hydrogen-bond acceptors (Lipinski definition) is 5. The van der Waals surface area contributed by atoms with Crippen LogP contribution in [0.4, 0.5) is 5.82 Å². The molecule has 5 nitrogen and oxygen atoms in total. The van der Waals surface area contributed by atoms with E-state index in [-0.39, 0.29) is 6.29 Å². The second-order valence-electron chi connectivity index (χ2n) is 2.95. The largest absolute Gasteiger partial charge is 0.365 e. The third-order valence-corrected chi connectivity index (χ3v) is 2.00. The van der Waals surface area contributed by atoms with E-state index >= 15 is 0 Å². The van der Waals surface area contributed by atoms with Crippen molar-refractivity contribution in [2.45, 2.75) is 20.1 Å². The van der Waals surface area contributed by atoms with Gasteiger partial charge in [-0.15, -0.1) is 0 Å². The highest BCUT2D eigenvalue weighted by Crippen LogP contribution is 2.08. The molecule has 90 valence electrons. The summed E-state index contributed by atoms with van der Waals surface area (Å²) in [4.78, 5) is 7.81. The van der Waals surface area contributed by atoms with Gasteiger partial charge in [-0.3, -0.25) is 0 Å². The van der Waals surface area contributed by atoms with Crippen molar-refractivity contribution in [3.05, 3.63) is 17.5 Å². The number of nitrogens with one attached hydrogen (secondary N) is 1. The van der Waals surface area contributed by atoms with Gasteiger partial charge in [-0.2, -0.15) is 0 Å². The van der Waals surface area contributed by atoms with E-state index in [2.05, 4.69) is 15.3 Å². The van der Waals surface area contributed by atoms with Crippen LogP contribution in [0.2, 0.25) is 5.15 Å². The molecular weight excluding hydrogens is 230 g/mol. The summed E-state index contributed by atoms with van der Waals surface area (Å²) in [6.45, 7) is 5.59. The molecule has 1 rings (SSSR count). The molecule has 0 unspecified atom stereocenters. The Bertz CT molecular complexity index is 306. The monoisotopic (exact) mass is 245 g/mol. The molecule has 0 atom stereocenters. The van der Waals surface area contributed by atoms with Crippen LogP contribution in [0.15, 0.2) is 12.4 Å². The van der Waals surface area contributed by atoms with Crippen molar-refractivity contribution in [3.8, 4) is 0 Å². The molecule has 0 spiro atoms. The van der Waals surface area contributed by atoms with Crippen LogP contribution in [0, 0.1) is 0 Å². The number of aromatic nitrogens is 2. The molecular formula is C10H16ClN3O2.